The monoisotopic (exact) mass is 332 g/mol. The molecule has 1 aliphatic rings. The molecule has 1 aliphatic carbocycles. The molecular weight excluding hydrogens is 316 g/mol. The zero-order valence-electron chi connectivity index (χ0n) is 11.4. The number of aryl methyl sites for hydroxylation is 1. The van der Waals surface area contributed by atoms with Crippen LogP contribution in [-0.4, -0.2) is 21.8 Å². The van der Waals surface area contributed by atoms with E-state index in [0.717, 1.165) is 40.3 Å². The molecular formula is C16H17BrN2O. The average molecular weight is 333 g/mol. The number of hydrogen-bond donors (Lipinski definition) is 1. The number of nitrogens with one attached hydrogen (secondary N) is 1. The summed E-state index contributed by atoms with van der Waals surface area (Å²) in [5.41, 5.74) is 2.41. The van der Waals surface area contributed by atoms with E-state index in [1.165, 1.54) is 6.42 Å². The van der Waals surface area contributed by atoms with Crippen molar-refractivity contribution in [3.05, 3.63) is 41.6 Å². The van der Waals surface area contributed by atoms with Gasteiger partial charge in [-0.05, 0) is 38.3 Å². The molecule has 0 spiro atoms. The molecule has 20 heavy (non-hydrogen) atoms. The minimum atomic E-state index is -0.0602. The van der Waals surface area contributed by atoms with Gasteiger partial charge in [0.05, 0.1) is 16.6 Å². The number of pyridine rings is 1. The first-order chi connectivity index (χ1) is 9.63. The summed E-state index contributed by atoms with van der Waals surface area (Å²) in [5.74, 6) is 0.00542. The largest absolute Gasteiger partial charge is 0.346 e. The maximum Gasteiger partial charge on any atom is 0.252 e. The highest BCUT2D eigenvalue weighted by Gasteiger charge is 2.37. The van der Waals surface area contributed by atoms with Crippen LogP contribution < -0.4 is 5.32 Å². The first-order valence-electron chi connectivity index (χ1n) is 6.88. The van der Waals surface area contributed by atoms with Gasteiger partial charge in [0.1, 0.15) is 0 Å². The summed E-state index contributed by atoms with van der Waals surface area (Å²) in [6.45, 7) is 1.92. The van der Waals surface area contributed by atoms with Crippen LogP contribution in [0.3, 0.4) is 0 Å². The van der Waals surface area contributed by atoms with Crippen LogP contribution in [-0.2, 0) is 0 Å². The lowest BCUT2D eigenvalue weighted by Gasteiger charge is -2.41. The fourth-order valence-corrected chi connectivity index (χ4v) is 3.40. The quantitative estimate of drug-likeness (QED) is 0.872. The molecule has 0 aliphatic heterocycles. The van der Waals surface area contributed by atoms with Gasteiger partial charge in [-0.2, -0.15) is 0 Å². The molecule has 1 aromatic heterocycles. The van der Waals surface area contributed by atoms with Crippen molar-refractivity contribution in [2.24, 2.45) is 0 Å². The Balaban J connectivity index is 1.99. The highest BCUT2D eigenvalue weighted by Crippen LogP contribution is 2.34. The van der Waals surface area contributed by atoms with E-state index in [9.17, 15) is 4.79 Å². The SMILES string of the molecule is Cc1cc(C(=O)NC2(CBr)CCC2)c2ccccc2n1. The summed E-state index contributed by atoms with van der Waals surface area (Å²) >= 11 is 3.52. The second-order valence-corrected chi connectivity index (χ2v) is 6.11. The first-order valence-corrected chi connectivity index (χ1v) is 8.01. The molecule has 1 fully saturated rings. The summed E-state index contributed by atoms with van der Waals surface area (Å²) in [6, 6.07) is 9.67. The molecule has 0 radical (unpaired) electrons. The molecule has 0 saturated heterocycles. The molecule has 104 valence electrons. The van der Waals surface area contributed by atoms with E-state index in [0.29, 0.717) is 0 Å². The van der Waals surface area contributed by atoms with Gasteiger partial charge >= 0.3 is 0 Å². The van der Waals surface area contributed by atoms with Gasteiger partial charge in [0, 0.05) is 16.4 Å². The van der Waals surface area contributed by atoms with Gasteiger partial charge in [-0.25, -0.2) is 0 Å². The van der Waals surface area contributed by atoms with Gasteiger partial charge in [-0.3, -0.25) is 9.78 Å². The fraction of sp³-hybridized carbons (Fsp3) is 0.375. The number of rotatable bonds is 3. The van der Waals surface area contributed by atoms with E-state index in [1.807, 2.05) is 37.3 Å². The van der Waals surface area contributed by atoms with Crippen molar-refractivity contribution in [3.8, 4) is 0 Å². The Kier molecular flexibility index (Phi) is 3.50. The van der Waals surface area contributed by atoms with Crippen molar-refractivity contribution in [1.29, 1.82) is 0 Å². The summed E-state index contributed by atoms with van der Waals surface area (Å²) in [4.78, 5) is 17.1. The highest BCUT2D eigenvalue weighted by atomic mass is 79.9. The molecule has 1 aromatic carbocycles. The average Bonchev–Trinajstić information content (AvgIpc) is 2.41. The van der Waals surface area contributed by atoms with Crippen molar-refractivity contribution in [1.82, 2.24) is 10.3 Å². The van der Waals surface area contributed by atoms with E-state index in [2.05, 4.69) is 26.2 Å². The highest BCUT2D eigenvalue weighted by molar-refractivity contribution is 9.09. The Bertz CT molecular complexity index is 659. The maximum atomic E-state index is 12.6. The molecule has 1 heterocycles. The maximum absolute atomic E-state index is 12.6. The summed E-state index contributed by atoms with van der Waals surface area (Å²) in [6.07, 6.45) is 3.28. The number of halogens is 1. The van der Waals surface area contributed by atoms with Crippen LogP contribution >= 0.6 is 15.9 Å². The van der Waals surface area contributed by atoms with Crippen molar-refractivity contribution < 1.29 is 4.79 Å². The van der Waals surface area contributed by atoms with Crippen LogP contribution in [0.15, 0.2) is 30.3 Å². The fourth-order valence-electron chi connectivity index (χ4n) is 2.70. The number of benzene rings is 1. The van der Waals surface area contributed by atoms with Crippen molar-refractivity contribution in [3.63, 3.8) is 0 Å². The van der Waals surface area contributed by atoms with Crippen LogP contribution in [0.5, 0.6) is 0 Å². The molecule has 1 N–H and O–H groups in total. The Morgan fingerprint density at radius 1 is 1.40 bits per heavy atom. The van der Waals surface area contributed by atoms with E-state index >= 15 is 0 Å². The third-order valence-electron chi connectivity index (χ3n) is 4.03. The normalized spacial score (nSPS) is 16.7. The predicted molar refractivity (Wildman–Crippen MR) is 84.3 cm³/mol. The second kappa shape index (κ2) is 5.17. The predicted octanol–water partition coefficient (Wildman–Crippen LogP) is 3.59. The molecule has 1 amide bonds. The van der Waals surface area contributed by atoms with Crippen LogP contribution in [0, 0.1) is 6.92 Å². The molecule has 0 unspecified atom stereocenters. The smallest absolute Gasteiger partial charge is 0.252 e. The number of hydrogen-bond acceptors (Lipinski definition) is 2. The van der Waals surface area contributed by atoms with Gasteiger partial charge in [-0.1, -0.05) is 34.1 Å². The van der Waals surface area contributed by atoms with E-state index in [4.69, 9.17) is 0 Å². The lowest BCUT2D eigenvalue weighted by molar-refractivity contribution is 0.0858. The lowest BCUT2D eigenvalue weighted by atomic mass is 9.78. The van der Waals surface area contributed by atoms with Crippen LogP contribution in [0.25, 0.3) is 10.9 Å². The Labute approximate surface area is 126 Å². The standard InChI is InChI=1S/C16H17BrN2O/c1-11-9-13(12-5-2-3-6-14(12)18-11)15(20)19-16(10-17)7-4-8-16/h2-3,5-6,9H,4,7-8,10H2,1H3,(H,19,20). The minimum absolute atomic E-state index is 0.00542. The Morgan fingerprint density at radius 3 is 2.80 bits per heavy atom. The van der Waals surface area contributed by atoms with E-state index in [1.54, 1.807) is 0 Å². The second-order valence-electron chi connectivity index (χ2n) is 5.55. The van der Waals surface area contributed by atoms with Crippen molar-refractivity contribution in [2.75, 3.05) is 5.33 Å². The summed E-state index contributed by atoms with van der Waals surface area (Å²) in [5, 5.41) is 4.93. The van der Waals surface area contributed by atoms with Gasteiger partial charge in [0.2, 0.25) is 0 Å². The van der Waals surface area contributed by atoms with Gasteiger partial charge < -0.3 is 5.32 Å². The van der Waals surface area contributed by atoms with Crippen LogP contribution in [0.4, 0.5) is 0 Å². The lowest BCUT2D eigenvalue weighted by Crippen LogP contribution is -2.54. The molecule has 1 saturated carbocycles. The number of amides is 1. The molecule has 3 rings (SSSR count). The first kappa shape index (κ1) is 13.6. The molecule has 3 nitrogen and oxygen atoms in total. The summed E-state index contributed by atoms with van der Waals surface area (Å²) < 4.78 is 0. The third-order valence-corrected chi connectivity index (χ3v) is 5.11. The third kappa shape index (κ3) is 2.33. The number of carbonyl (C=O) groups excluding carboxylic acids is 1. The van der Waals surface area contributed by atoms with E-state index < -0.39 is 0 Å². The number of para-hydroxylation sites is 1. The van der Waals surface area contributed by atoms with E-state index in [-0.39, 0.29) is 11.4 Å². The topological polar surface area (TPSA) is 42.0 Å². The Hall–Kier alpha value is -1.42. The van der Waals surface area contributed by atoms with Crippen molar-refractivity contribution in [2.45, 2.75) is 31.7 Å². The van der Waals surface area contributed by atoms with Gasteiger partial charge in [0.15, 0.2) is 0 Å². The molecule has 0 bridgehead atoms. The number of alkyl halides is 1. The zero-order chi connectivity index (χ0) is 14.2. The minimum Gasteiger partial charge on any atom is -0.346 e. The van der Waals surface area contributed by atoms with Crippen molar-refractivity contribution >= 4 is 32.7 Å². The van der Waals surface area contributed by atoms with Crippen LogP contribution in [0.2, 0.25) is 0 Å². The number of aromatic nitrogens is 1. The molecule has 0 atom stereocenters. The zero-order valence-corrected chi connectivity index (χ0v) is 13.0. The molecule has 2 aromatic rings. The van der Waals surface area contributed by atoms with Gasteiger partial charge in [-0.15, -0.1) is 0 Å². The van der Waals surface area contributed by atoms with Crippen LogP contribution in [0.1, 0.15) is 35.3 Å². The summed E-state index contributed by atoms with van der Waals surface area (Å²) in [7, 11) is 0. The number of fused-ring (bicyclic) bond motifs is 1. The molecule has 4 heteroatoms. The number of carbonyl (C=O) groups is 1. The Morgan fingerprint density at radius 2 is 2.15 bits per heavy atom. The number of nitrogens with zero attached hydrogens (tertiary/aromatic N) is 1. The van der Waals surface area contributed by atoms with Gasteiger partial charge in [0.25, 0.3) is 5.91 Å².